The summed E-state index contributed by atoms with van der Waals surface area (Å²) in [4.78, 5) is 32.4. The number of fused-ring (bicyclic) bond motifs is 1. The summed E-state index contributed by atoms with van der Waals surface area (Å²) in [6.45, 7) is 6.37. The Hall–Kier alpha value is -4.83. The number of para-hydroxylation sites is 1. The molecular formula is C34H34N2O7S. The van der Waals surface area contributed by atoms with Gasteiger partial charge in [0.25, 0.3) is 5.56 Å². The smallest absolute Gasteiger partial charge is 0.338 e. The monoisotopic (exact) mass is 614 g/mol. The molecule has 0 N–H and O–H groups in total. The summed E-state index contributed by atoms with van der Waals surface area (Å²) in [5.41, 5.74) is 2.93. The number of benzene rings is 3. The highest BCUT2D eigenvalue weighted by molar-refractivity contribution is 7.07. The van der Waals surface area contributed by atoms with Gasteiger partial charge in [-0.1, -0.05) is 47.7 Å². The average Bonchev–Trinajstić information content (AvgIpc) is 3.34. The summed E-state index contributed by atoms with van der Waals surface area (Å²) >= 11 is 1.25. The van der Waals surface area contributed by atoms with Gasteiger partial charge in [0.05, 0.1) is 43.2 Å². The van der Waals surface area contributed by atoms with Crippen LogP contribution in [0.4, 0.5) is 0 Å². The van der Waals surface area contributed by atoms with E-state index in [1.54, 1.807) is 38.7 Å². The van der Waals surface area contributed by atoms with Crippen molar-refractivity contribution >= 4 is 23.4 Å². The van der Waals surface area contributed by atoms with E-state index in [1.165, 1.54) is 11.3 Å². The molecule has 0 amide bonds. The van der Waals surface area contributed by atoms with Gasteiger partial charge in [0, 0.05) is 5.56 Å². The summed E-state index contributed by atoms with van der Waals surface area (Å²) in [6.07, 6.45) is 1.79. The number of carbonyl (C=O) groups is 1. The van der Waals surface area contributed by atoms with E-state index in [-0.39, 0.29) is 12.2 Å². The Morgan fingerprint density at radius 2 is 1.70 bits per heavy atom. The third-order valence-electron chi connectivity index (χ3n) is 7.07. The highest BCUT2D eigenvalue weighted by Crippen LogP contribution is 2.36. The van der Waals surface area contributed by atoms with Crippen LogP contribution in [0.2, 0.25) is 0 Å². The number of hydrogen-bond donors (Lipinski definition) is 0. The number of nitrogens with zero attached hydrogens (tertiary/aromatic N) is 2. The van der Waals surface area contributed by atoms with Gasteiger partial charge >= 0.3 is 5.97 Å². The minimum atomic E-state index is -0.765. The first-order valence-electron chi connectivity index (χ1n) is 14.2. The molecule has 2 heterocycles. The number of thiazole rings is 1. The van der Waals surface area contributed by atoms with Gasteiger partial charge in [-0.15, -0.1) is 0 Å². The molecule has 0 radical (unpaired) electrons. The predicted octanol–water partition coefficient (Wildman–Crippen LogP) is 4.79. The molecule has 1 aliphatic rings. The molecule has 228 valence electrons. The molecule has 0 saturated carbocycles. The molecule has 0 unspecified atom stereocenters. The first kappa shape index (κ1) is 30.6. The van der Waals surface area contributed by atoms with E-state index < -0.39 is 12.0 Å². The molecule has 3 aromatic carbocycles. The number of rotatable bonds is 11. The summed E-state index contributed by atoms with van der Waals surface area (Å²) in [5.74, 6) is 1.95. The number of carbonyl (C=O) groups excluding carboxylic acids is 1. The third kappa shape index (κ3) is 6.26. The Balaban J connectivity index is 1.54. The van der Waals surface area contributed by atoms with Crippen LogP contribution in [0.5, 0.6) is 23.0 Å². The zero-order chi connectivity index (χ0) is 31.2. The van der Waals surface area contributed by atoms with E-state index in [1.807, 2.05) is 73.7 Å². The summed E-state index contributed by atoms with van der Waals surface area (Å²) in [6, 6.07) is 19.8. The second-order valence-electron chi connectivity index (χ2n) is 9.82. The minimum Gasteiger partial charge on any atom is -0.497 e. The van der Waals surface area contributed by atoms with Crippen LogP contribution in [0.1, 0.15) is 43.5 Å². The van der Waals surface area contributed by atoms with Crippen LogP contribution in [0.15, 0.2) is 87.8 Å². The van der Waals surface area contributed by atoms with Crippen molar-refractivity contribution in [3.05, 3.63) is 114 Å². The number of esters is 1. The SMILES string of the molecule is CCOC(=O)C1=C(C)N=c2s/c(=C\c3ccc(OCc4ccc(OC)cc4)c(OC)c3)c(=O)n2[C@@H]1c1ccccc1OCC. The molecule has 1 atom stereocenters. The van der Waals surface area contributed by atoms with Crippen molar-refractivity contribution in [1.82, 2.24) is 4.57 Å². The normalized spacial score (nSPS) is 14.5. The average molecular weight is 615 g/mol. The molecule has 0 spiro atoms. The fourth-order valence-corrected chi connectivity index (χ4v) is 6.05. The van der Waals surface area contributed by atoms with Gasteiger partial charge in [0.15, 0.2) is 16.3 Å². The minimum absolute atomic E-state index is 0.196. The molecule has 10 heteroatoms. The Bertz CT molecular complexity index is 1870. The van der Waals surface area contributed by atoms with Gasteiger partial charge in [-0.05, 0) is 68.3 Å². The van der Waals surface area contributed by atoms with E-state index in [0.717, 1.165) is 16.9 Å². The standard InChI is InChI=1S/C34H34N2O7S/c1-6-41-26-11-9-8-10-25(26)31-30(33(38)42-7-2)21(3)35-34-36(31)32(37)29(44-34)19-23-14-17-27(28(18-23)40-5)43-20-22-12-15-24(39-4)16-13-22/h8-19,31H,6-7,20H2,1-5H3/b29-19-/t31-/m1/s1. The van der Waals surface area contributed by atoms with Crippen LogP contribution in [-0.4, -0.2) is 38.0 Å². The topological polar surface area (TPSA) is 97.6 Å². The van der Waals surface area contributed by atoms with Crippen LogP contribution >= 0.6 is 11.3 Å². The maximum absolute atomic E-state index is 14.0. The van der Waals surface area contributed by atoms with Gasteiger partial charge in [0.2, 0.25) is 0 Å². The zero-order valence-corrected chi connectivity index (χ0v) is 26.1. The molecule has 0 bridgehead atoms. The van der Waals surface area contributed by atoms with Gasteiger partial charge in [-0.25, -0.2) is 9.79 Å². The third-order valence-corrected chi connectivity index (χ3v) is 8.05. The summed E-state index contributed by atoms with van der Waals surface area (Å²) in [7, 11) is 3.20. The van der Waals surface area contributed by atoms with Crippen molar-refractivity contribution in [3.8, 4) is 23.0 Å². The molecular weight excluding hydrogens is 580 g/mol. The van der Waals surface area contributed by atoms with Gasteiger partial charge in [-0.3, -0.25) is 9.36 Å². The molecule has 0 saturated heterocycles. The van der Waals surface area contributed by atoms with Gasteiger partial charge < -0.3 is 23.7 Å². The predicted molar refractivity (Wildman–Crippen MR) is 168 cm³/mol. The number of methoxy groups -OCH3 is 2. The highest BCUT2D eigenvalue weighted by atomic mass is 32.1. The molecule has 9 nitrogen and oxygen atoms in total. The Morgan fingerprint density at radius 1 is 0.932 bits per heavy atom. The van der Waals surface area contributed by atoms with Crippen molar-refractivity contribution in [2.24, 2.45) is 4.99 Å². The van der Waals surface area contributed by atoms with Crippen LogP contribution < -0.4 is 33.8 Å². The molecule has 0 aliphatic carbocycles. The van der Waals surface area contributed by atoms with Crippen molar-refractivity contribution in [1.29, 1.82) is 0 Å². The van der Waals surface area contributed by atoms with Gasteiger partial charge in [-0.2, -0.15) is 0 Å². The molecule has 1 aromatic heterocycles. The lowest BCUT2D eigenvalue weighted by atomic mass is 9.95. The van der Waals surface area contributed by atoms with Crippen LogP contribution in [0.3, 0.4) is 0 Å². The summed E-state index contributed by atoms with van der Waals surface area (Å²) in [5, 5.41) is 0. The lowest BCUT2D eigenvalue weighted by Crippen LogP contribution is -2.40. The van der Waals surface area contributed by atoms with E-state index in [0.29, 0.717) is 56.6 Å². The van der Waals surface area contributed by atoms with Crippen molar-refractivity contribution in [2.45, 2.75) is 33.4 Å². The van der Waals surface area contributed by atoms with Crippen LogP contribution in [0.25, 0.3) is 6.08 Å². The number of aromatic nitrogens is 1. The van der Waals surface area contributed by atoms with E-state index in [4.69, 9.17) is 23.7 Å². The first-order chi connectivity index (χ1) is 21.4. The lowest BCUT2D eigenvalue weighted by Gasteiger charge is -2.26. The number of allylic oxidation sites excluding steroid dienone is 1. The highest BCUT2D eigenvalue weighted by Gasteiger charge is 2.35. The van der Waals surface area contributed by atoms with Crippen molar-refractivity contribution in [3.63, 3.8) is 0 Å². The zero-order valence-electron chi connectivity index (χ0n) is 25.3. The molecule has 44 heavy (non-hydrogen) atoms. The summed E-state index contributed by atoms with van der Waals surface area (Å²) < 4.78 is 30.2. The molecule has 4 aromatic rings. The van der Waals surface area contributed by atoms with Crippen molar-refractivity contribution in [2.75, 3.05) is 27.4 Å². The van der Waals surface area contributed by atoms with E-state index in [2.05, 4.69) is 4.99 Å². The number of ether oxygens (including phenoxy) is 5. The second-order valence-corrected chi connectivity index (χ2v) is 10.8. The Morgan fingerprint density at radius 3 is 2.41 bits per heavy atom. The Labute approximate surface area is 259 Å². The lowest BCUT2D eigenvalue weighted by molar-refractivity contribution is -0.139. The number of hydrogen-bond acceptors (Lipinski definition) is 9. The maximum Gasteiger partial charge on any atom is 0.338 e. The fraction of sp³-hybridized carbons (Fsp3) is 0.265. The maximum atomic E-state index is 14.0. The largest absolute Gasteiger partial charge is 0.497 e. The van der Waals surface area contributed by atoms with Crippen LogP contribution in [0, 0.1) is 0 Å². The quantitative estimate of drug-likeness (QED) is 0.224. The fourth-order valence-electron chi connectivity index (χ4n) is 5.01. The molecule has 0 fully saturated rings. The molecule has 1 aliphatic heterocycles. The first-order valence-corrected chi connectivity index (χ1v) is 15.0. The van der Waals surface area contributed by atoms with E-state index in [9.17, 15) is 9.59 Å². The van der Waals surface area contributed by atoms with Crippen LogP contribution in [-0.2, 0) is 16.1 Å². The second kappa shape index (κ2) is 13.6. The van der Waals surface area contributed by atoms with Gasteiger partial charge in [0.1, 0.15) is 24.1 Å². The van der Waals surface area contributed by atoms with E-state index >= 15 is 0 Å². The van der Waals surface area contributed by atoms with Crippen molar-refractivity contribution < 1.29 is 28.5 Å². The Kier molecular flexibility index (Phi) is 9.50. The molecule has 5 rings (SSSR count).